The molecule has 1 heterocycles. The number of benzene rings is 1. The van der Waals surface area contributed by atoms with Crippen LogP contribution in [-0.2, 0) is 0 Å². The summed E-state index contributed by atoms with van der Waals surface area (Å²) in [7, 11) is 0. The van der Waals surface area contributed by atoms with Crippen molar-refractivity contribution in [3.8, 4) is 0 Å². The van der Waals surface area contributed by atoms with Gasteiger partial charge in [-0.25, -0.2) is 0 Å². The average Bonchev–Trinajstić information content (AvgIpc) is 2.06. The van der Waals surface area contributed by atoms with Gasteiger partial charge in [-0.05, 0) is 0 Å². The molecule has 1 aromatic carbocycles. The molecular weight excluding hydrogens is 203 g/mol. The van der Waals surface area contributed by atoms with E-state index >= 15 is 0 Å². The van der Waals surface area contributed by atoms with Gasteiger partial charge in [0.05, 0.1) is 0 Å². The van der Waals surface area contributed by atoms with Gasteiger partial charge in [0.25, 0.3) is 0 Å². The predicted octanol–water partition coefficient (Wildman–Crippen LogP) is 0.424. The molecule has 0 N–H and O–H groups in total. The van der Waals surface area contributed by atoms with Gasteiger partial charge >= 0.3 is 72.1 Å². The van der Waals surface area contributed by atoms with Crippen LogP contribution in [0.5, 0.6) is 0 Å². The Morgan fingerprint density at radius 1 is 1.09 bits per heavy atom. The van der Waals surface area contributed by atoms with E-state index in [1.54, 1.807) is 6.33 Å². The Hall–Kier alpha value is -0.921. The Labute approximate surface area is 72.5 Å². The van der Waals surface area contributed by atoms with E-state index in [2.05, 4.69) is 26.0 Å². The van der Waals surface area contributed by atoms with Gasteiger partial charge in [0.1, 0.15) is 0 Å². The van der Waals surface area contributed by atoms with Crippen LogP contribution >= 0.6 is 0 Å². The standard InChI is InChI=1S/C8H5N2Se/c11-8-6-3-1-2-4-7(6)9-5-10-8/h1-5H. The van der Waals surface area contributed by atoms with Crippen LogP contribution in [0.4, 0.5) is 0 Å². The monoisotopic (exact) mass is 209 g/mol. The SMILES string of the molecule is [Se]c1ncnc2ccccc12. The van der Waals surface area contributed by atoms with Crippen molar-refractivity contribution in [1.29, 1.82) is 0 Å². The van der Waals surface area contributed by atoms with Crippen molar-refractivity contribution in [3.05, 3.63) is 30.6 Å². The molecular formula is C8H5N2Se. The molecule has 1 radical (unpaired) electrons. The fourth-order valence-electron chi connectivity index (χ4n) is 0.980. The second kappa shape index (κ2) is 2.61. The second-order valence-electron chi connectivity index (χ2n) is 2.20. The number of fused-ring (bicyclic) bond motifs is 1. The molecule has 1 aromatic heterocycles. The first-order valence-corrected chi connectivity index (χ1v) is 4.10. The maximum atomic E-state index is 4.11. The van der Waals surface area contributed by atoms with Crippen molar-refractivity contribution in [2.45, 2.75) is 0 Å². The first-order chi connectivity index (χ1) is 5.38. The van der Waals surface area contributed by atoms with Gasteiger partial charge in [-0.3, -0.25) is 0 Å². The van der Waals surface area contributed by atoms with Gasteiger partial charge in [0.15, 0.2) is 0 Å². The Kier molecular flexibility index (Phi) is 1.60. The van der Waals surface area contributed by atoms with E-state index < -0.39 is 0 Å². The van der Waals surface area contributed by atoms with E-state index in [0.29, 0.717) is 0 Å². The summed E-state index contributed by atoms with van der Waals surface area (Å²) in [5, 5.41) is 1.08. The van der Waals surface area contributed by atoms with Crippen molar-refractivity contribution >= 4 is 31.5 Å². The zero-order valence-corrected chi connectivity index (χ0v) is 7.40. The van der Waals surface area contributed by atoms with Crippen LogP contribution < -0.4 is 4.59 Å². The van der Waals surface area contributed by atoms with Crippen molar-refractivity contribution in [1.82, 2.24) is 9.97 Å². The van der Waals surface area contributed by atoms with Gasteiger partial charge in [-0.2, -0.15) is 0 Å². The fraction of sp³-hybridized carbons (Fsp3) is 0. The van der Waals surface area contributed by atoms with Crippen LogP contribution in [0.1, 0.15) is 0 Å². The molecule has 0 atom stereocenters. The molecule has 0 saturated heterocycles. The van der Waals surface area contributed by atoms with Crippen LogP contribution in [0, 0.1) is 0 Å². The van der Waals surface area contributed by atoms with Gasteiger partial charge in [0, 0.05) is 0 Å². The molecule has 0 amide bonds. The van der Waals surface area contributed by atoms with E-state index in [0.717, 1.165) is 15.5 Å². The molecule has 2 nitrogen and oxygen atoms in total. The minimum absolute atomic E-state index is 0.913. The molecule has 3 heteroatoms. The third-order valence-corrected chi connectivity index (χ3v) is 2.19. The van der Waals surface area contributed by atoms with Crippen molar-refractivity contribution < 1.29 is 0 Å². The van der Waals surface area contributed by atoms with Crippen molar-refractivity contribution in [2.75, 3.05) is 0 Å². The summed E-state index contributed by atoms with van der Waals surface area (Å²) >= 11 is 2.89. The van der Waals surface area contributed by atoms with E-state index in [4.69, 9.17) is 0 Å². The normalized spacial score (nSPS) is 10.2. The van der Waals surface area contributed by atoms with Gasteiger partial charge in [-0.15, -0.1) is 0 Å². The Bertz CT molecular complexity index is 381. The summed E-state index contributed by atoms with van der Waals surface area (Å²) < 4.78 is 0.913. The predicted molar refractivity (Wildman–Crippen MR) is 44.9 cm³/mol. The number of para-hydroxylation sites is 1. The molecule has 2 rings (SSSR count). The van der Waals surface area contributed by atoms with E-state index in [1.807, 2.05) is 24.3 Å². The van der Waals surface area contributed by atoms with Crippen LogP contribution in [0.2, 0.25) is 0 Å². The molecule has 0 aliphatic heterocycles. The van der Waals surface area contributed by atoms with Crippen LogP contribution in [-0.4, -0.2) is 26.0 Å². The maximum absolute atomic E-state index is 4.11. The quantitative estimate of drug-likeness (QED) is 0.586. The summed E-state index contributed by atoms with van der Waals surface area (Å²) in [6, 6.07) is 7.92. The van der Waals surface area contributed by atoms with Crippen LogP contribution in [0.15, 0.2) is 30.6 Å². The molecule has 11 heavy (non-hydrogen) atoms. The molecule has 0 unspecified atom stereocenters. The first kappa shape index (κ1) is 6.77. The number of nitrogens with zero attached hydrogens (tertiary/aromatic N) is 2. The van der Waals surface area contributed by atoms with Gasteiger partial charge in [0.2, 0.25) is 0 Å². The zero-order valence-electron chi connectivity index (χ0n) is 5.69. The van der Waals surface area contributed by atoms with Crippen molar-refractivity contribution in [3.63, 3.8) is 0 Å². The third kappa shape index (κ3) is 1.13. The third-order valence-electron chi connectivity index (χ3n) is 1.51. The minimum atomic E-state index is 0.913. The molecule has 0 saturated carbocycles. The molecule has 0 aliphatic carbocycles. The Balaban J connectivity index is 2.91. The van der Waals surface area contributed by atoms with Crippen LogP contribution in [0.25, 0.3) is 10.9 Å². The van der Waals surface area contributed by atoms with E-state index in [9.17, 15) is 0 Å². The Morgan fingerprint density at radius 2 is 1.91 bits per heavy atom. The molecule has 0 spiro atoms. The van der Waals surface area contributed by atoms with Crippen LogP contribution in [0.3, 0.4) is 0 Å². The molecule has 2 aromatic rings. The Morgan fingerprint density at radius 3 is 2.73 bits per heavy atom. The van der Waals surface area contributed by atoms with E-state index in [1.165, 1.54) is 0 Å². The number of aromatic nitrogens is 2. The van der Waals surface area contributed by atoms with E-state index in [-0.39, 0.29) is 0 Å². The molecule has 0 aliphatic rings. The summed E-state index contributed by atoms with van der Waals surface area (Å²) in [5.41, 5.74) is 0.983. The summed E-state index contributed by atoms with van der Waals surface area (Å²) in [6.45, 7) is 0. The number of hydrogen-bond acceptors (Lipinski definition) is 2. The fourth-order valence-corrected chi connectivity index (χ4v) is 1.44. The average molecular weight is 208 g/mol. The molecule has 0 fully saturated rings. The summed E-state index contributed by atoms with van der Waals surface area (Å²) in [6.07, 6.45) is 1.56. The van der Waals surface area contributed by atoms with Gasteiger partial charge in [-0.1, -0.05) is 0 Å². The number of hydrogen-bond donors (Lipinski definition) is 0. The topological polar surface area (TPSA) is 25.8 Å². The number of rotatable bonds is 0. The zero-order chi connectivity index (χ0) is 7.68. The van der Waals surface area contributed by atoms with Crippen molar-refractivity contribution in [2.24, 2.45) is 0 Å². The summed E-state index contributed by atoms with van der Waals surface area (Å²) in [4.78, 5) is 8.15. The first-order valence-electron chi connectivity index (χ1n) is 3.25. The molecule has 0 bridgehead atoms. The summed E-state index contributed by atoms with van der Waals surface area (Å²) in [5.74, 6) is 0. The second-order valence-corrected chi connectivity index (χ2v) is 3.01. The van der Waals surface area contributed by atoms with Gasteiger partial charge < -0.3 is 0 Å². The molecule has 53 valence electrons.